The molecule has 1 aromatic carbocycles. The highest BCUT2D eigenvalue weighted by molar-refractivity contribution is 5.84. The minimum atomic E-state index is 0.675. The van der Waals surface area contributed by atoms with Gasteiger partial charge in [0.15, 0.2) is 0 Å². The highest BCUT2D eigenvalue weighted by atomic mass is 14.9. The van der Waals surface area contributed by atoms with E-state index in [0.717, 1.165) is 0 Å². The van der Waals surface area contributed by atoms with Crippen molar-refractivity contribution in [3.8, 4) is 0 Å². The number of aromatic nitrogens is 1. The largest absolute Gasteiger partial charge is 0.382 e. The minimum Gasteiger partial charge on any atom is -0.382 e. The average Bonchev–Trinajstić information content (AvgIpc) is 2.82. The third-order valence-corrected chi connectivity index (χ3v) is 3.37. The monoisotopic (exact) mass is 212 g/mol. The van der Waals surface area contributed by atoms with Gasteiger partial charge < -0.3 is 5.32 Å². The first-order valence-corrected chi connectivity index (χ1v) is 6.02. The van der Waals surface area contributed by atoms with Gasteiger partial charge in [-0.2, -0.15) is 0 Å². The number of fused-ring (bicyclic) bond motifs is 1. The van der Waals surface area contributed by atoms with Crippen LogP contribution < -0.4 is 5.32 Å². The molecule has 0 atom stereocenters. The number of hydrogen-bond donors (Lipinski definition) is 1. The van der Waals surface area contributed by atoms with Gasteiger partial charge in [-0.25, -0.2) is 0 Å². The van der Waals surface area contributed by atoms with Crippen LogP contribution in [0, 0.1) is 0 Å². The van der Waals surface area contributed by atoms with E-state index in [1.165, 1.54) is 42.1 Å². The van der Waals surface area contributed by atoms with Crippen molar-refractivity contribution >= 4 is 16.5 Å². The van der Waals surface area contributed by atoms with E-state index in [1.807, 2.05) is 12.4 Å². The normalized spacial score (nSPS) is 16.8. The van der Waals surface area contributed by atoms with Crippen LogP contribution in [0.4, 0.5) is 5.69 Å². The molecule has 0 unspecified atom stereocenters. The van der Waals surface area contributed by atoms with Crippen molar-refractivity contribution in [2.45, 2.75) is 31.7 Å². The molecule has 1 aliphatic carbocycles. The summed E-state index contributed by atoms with van der Waals surface area (Å²) in [5.41, 5.74) is 1.23. The lowest BCUT2D eigenvalue weighted by atomic mass is 10.1. The molecule has 0 saturated heterocycles. The molecule has 1 heterocycles. The molecule has 2 nitrogen and oxygen atoms in total. The lowest BCUT2D eigenvalue weighted by Crippen LogP contribution is -2.14. The predicted molar refractivity (Wildman–Crippen MR) is 67.6 cm³/mol. The third-order valence-electron chi connectivity index (χ3n) is 3.37. The van der Waals surface area contributed by atoms with E-state index < -0.39 is 0 Å². The molecule has 1 aromatic heterocycles. The molecule has 0 spiro atoms. The fourth-order valence-electron chi connectivity index (χ4n) is 2.48. The molecular formula is C14H16N2. The lowest BCUT2D eigenvalue weighted by molar-refractivity contribution is 0.756. The summed E-state index contributed by atoms with van der Waals surface area (Å²) in [4.78, 5) is 4.16. The number of hydrogen-bond acceptors (Lipinski definition) is 2. The summed E-state index contributed by atoms with van der Waals surface area (Å²) >= 11 is 0. The van der Waals surface area contributed by atoms with Gasteiger partial charge in [-0.3, -0.25) is 4.98 Å². The first kappa shape index (κ1) is 9.64. The SMILES string of the molecule is c1cc2ccc(NC3CCCC3)cc2cn1. The fraction of sp³-hybridized carbons (Fsp3) is 0.357. The van der Waals surface area contributed by atoms with Crippen LogP contribution in [-0.2, 0) is 0 Å². The van der Waals surface area contributed by atoms with Crippen molar-refractivity contribution < 1.29 is 0 Å². The van der Waals surface area contributed by atoms with Crippen LogP contribution in [0.2, 0.25) is 0 Å². The summed E-state index contributed by atoms with van der Waals surface area (Å²) < 4.78 is 0. The Kier molecular flexibility index (Phi) is 2.49. The molecular weight excluding hydrogens is 196 g/mol. The van der Waals surface area contributed by atoms with Gasteiger partial charge in [0.1, 0.15) is 0 Å². The van der Waals surface area contributed by atoms with Crippen molar-refractivity contribution in [3.63, 3.8) is 0 Å². The topological polar surface area (TPSA) is 24.9 Å². The molecule has 2 aromatic rings. The number of pyridine rings is 1. The zero-order chi connectivity index (χ0) is 10.8. The predicted octanol–water partition coefficient (Wildman–Crippen LogP) is 3.59. The Labute approximate surface area is 95.7 Å². The van der Waals surface area contributed by atoms with Gasteiger partial charge >= 0.3 is 0 Å². The molecule has 16 heavy (non-hydrogen) atoms. The number of anilines is 1. The Balaban J connectivity index is 1.86. The minimum absolute atomic E-state index is 0.675. The van der Waals surface area contributed by atoms with Crippen LogP contribution in [0.5, 0.6) is 0 Å². The Bertz CT molecular complexity index is 487. The van der Waals surface area contributed by atoms with Crippen molar-refractivity contribution in [1.82, 2.24) is 4.98 Å². The first-order chi connectivity index (χ1) is 7.92. The van der Waals surface area contributed by atoms with E-state index in [0.29, 0.717) is 6.04 Å². The van der Waals surface area contributed by atoms with Gasteiger partial charge in [0.2, 0.25) is 0 Å². The molecule has 3 rings (SSSR count). The second kappa shape index (κ2) is 4.12. The highest BCUT2D eigenvalue weighted by Crippen LogP contribution is 2.24. The third kappa shape index (κ3) is 1.87. The van der Waals surface area contributed by atoms with Crippen molar-refractivity contribution in [1.29, 1.82) is 0 Å². The second-order valence-electron chi connectivity index (χ2n) is 4.56. The van der Waals surface area contributed by atoms with E-state index in [1.54, 1.807) is 0 Å². The van der Waals surface area contributed by atoms with Crippen molar-refractivity contribution in [3.05, 3.63) is 36.7 Å². The van der Waals surface area contributed by atoms with Gasteiger partial charge in [-0.1, -0.05) is 18.9 Å². The van der Waals surface area contributed by atoms with E-state index in [2.05, 4.69) is 34.6 Å². The summed E-state index contributed by atoms with van der Waals surface area (Å²) in [7, 11) is 0. The Hall–Kier alpha value is -1.57. The van der Waals surface area contributed by atoms with Crippen molar-refractivity contribution in [2.75, 3.05) is 5.32 Å². The van der Waals surface area contributed by atoms with Crippen LogP contribution in [0.3, 0.4) is 0 Å². The van der Waals surface area contributed by atoms with Gasteiger partial charge in [0.25, 0.3) is 0 Å². The van der Waals surface area contributed by atoms with Gasteiger partial charge in [-0.15, -0.1) is 0 Å². The van der Waals surface area contributed by atoms with Crippen LogP contribution in [0.15, 0.2) is 36.7 Å². The maximum Gasteiger partial charge on any atom is 0.0349 e. The summed E-state index contributed by atoms with van der Waals surface area (Å²) in [5.74, 6) is 0. The zero-order valence-corrected chi connectivity index (χ0v) is 9.32. The van der Waals surface area contributed by atoms with E-state index in [4.69, 9.17) is 0 Å². The highest BCUT2D eigenvalue weighted by Gasteiger charge is 2.14. The molecule has 0 bridgehead atoms. The van der Waals surface area contributed by atoms with Gasteiger partial charge in [-0.05, 0) is 36.4 Å². The summed E-state index contributed by atoms with van der Waals surface area (Å²) in [5, 5.41) is 6.08. The van der Waals surface area contributed by atoms with Crippen LogP contribution in [0.25, 0.3) is 10.8 Å². The second-order valence-corrected chi connectivity index (χ2v) is 4.56. The first-order valence-electron chi connectivity index (χ1n) is 6.02. The molecule has 0 aliphatic heterocycles. The smallest absolute Gasteiger partial charge is 0.0349 e. The Morgan fingerprint density at radius 1 is 1.06 bits per heavy atom. The fourth-order valence-corrected chi connectivity index (χ4v) is 2.48. The maximum absolute atomic E-state index is 4.16. The molecule has 0 radical (unpaired) electrons. The molecule has 1 saturated carbocycles. The molecule has 1 fully saturated rings. The number of nitrogens with zero attached hydrogens (tertiary/aromatic N) is 1. The molecule has 1 aliphatic rings. The van der Waals surface area contributed by atoms with Crippen LogP contribution in [-0.4, -0.2) is 11.0 Å². The number of benzene rings is 1. The van der Waals surface area contributed by atoms with Gasteiger partial charge in [0, 0.05) is 29.5 Å². The molecule has 82 valence electrons. The lowest BCUT2D eigenvalue weighted by Gasteiger charge is -2.13. The Morgan fingerprint density at radius 3 is 2.81 bits per heavy atom. The summed E-state index contributed by atoms with van der Waals surface area (Å²) in [6.45, 7) is 0. The van der Waals surface area contributed by atoms with E-state index >= 15 is 0 Å². The Morgan fingerprint density at radius 2 is 1.94 bits per heavy atom. The van der Waals surface area contributed by atoms with Crippen molar-refractivity contribution in [2.24, 2.45) is 0 Å². The average molecular weight is 212 g/mol. The molecule has 0 amide bonds. The summed E-state index contributed by atoms with van der Waals surface area (Å²) in [6.07, 6.45) is 9.12. The quantitative estimate of drug-likeness (QED) is 0.822. The van der Waals surface area contributed by atoms with Gasteiger partial charge in [0.05, 0.1) is 0 Å². The maximum atomic E-state index is 4.16. The van der Waals surface area contributed by atoms with E-state index in [-0.39, 0.29) is 0 Å². The number of nitrogens with one attached hydrogen (secondary N) is 1. The molecule has 1 N–H and O–H groups in total. The molecule has 2 heteroatoms. The standard InChI is InChI=1S/C14H16N2/c1-2-4-13(3-1)16-14-6-5-11-7-8-15-10-12(11)9-14/h5-10,13,16H,1-4H2. The van der Waals surface area contributed by atoms with Crippen LogP contribution >= 0.6 is 0 Å². The zero-order valence-electron chi connectivity index (χ0n) is 9.32. The summed E-state index contributed by atoms with van der Waals surface area (Å²) in [6, 6.07) is 9.25. The van der Waals surface area contributed by atoms with E-state index in [9.17, 15) is 0 Å². The number of rotatable bonds is 2. The van der Waals surface area contributed by atoms with Crippen LogP contribution in [0.1, 0.15) is 25.7 Å².